The summed E-state index contributed by atoms with van der Waals surface area (Å²) in [5.74, 6) is -5.33. The summed E-state index contributed by atoms with van der Waals surface area (Å²) in [7, 11) is 2.87. The zero-order valence-electron chi connectivity index (χ0n) is 57.6. The summed E-state index contributed by atoms with van der Waals surface area (Å²) in [4.78, 5) is 135. The highest BCUT2D eigenvalue weighted by Crippen LogP contribution is 2.24. The van der Waals surface area contributed by atoms with Gasteiger partial charge in [0, 0.05) is 61.8 Å². The number of rotatable bonds is 29. The number of ketones is 2. The minimum Gasteiger partial charge on any atom is -0.456 e. The normalized spacial score (nSPS) is 21.5. The third-order valence-corrected chi connectivity index (χ3v) is 15.9. The molecule has 1 heterocycles. The Kier molecular flexibility index (Phi) is 40.2. The predicted octanol–water partition coefficient (Wildman–Crippen LogP) is 8.54. The topological polar surface area (TPSA) is 281 Å². The summed E-state index contributed by atoms with van der Waals surface area (Å²) >= 11 is 6.18. The molecule has 0 unspecified atom stereocenters. The van der Waals surface area contributed by atoms with Crippen molar-refractivity contribution in [3.05, 3.63) is 93.5 Å². The van der Waals surface area contributed by atoms with E-state index in [1.807, 2.05) is 47.6 Å². The van der Waals surface area contributed by atoms with E-state index in [2.05, 4.69) is 28.2 Å². The van der Waals surface area contributed by atoms with Crippen LogP contribution in [-0.4, -0.2) is 185 Å². The minimum absolute atomic E-state index is 0.0156. The third kappa shape index (κ3) is 32.2. The first-order valence-electron chi connectivity index (χ1n) is 32.7. The van der Waals surface area contributed by atoms with Crippen LogP contribution in [0.3, 0.4) is 0 Å². The molecule has 23 heteroatoms. The number of carbonyl (C=O) groups excluding carboxylic acids is 10. The van der Waals surface area contributed by atoms with Gasteiger partial charge in [-0.15, -0.1) is 0 Å². The Morgan fingerprint density at radius 3 is 1.89 bits per heavy atom. The number of likely N-dealkylation sites (N-methyl/N-ethyl adjacent to an activating group) is 2. The molecule has 6 amide bonds. The van der Waals surface area contributed by atoms with Gasteiger partial charge in [0.05, 0.1) is 52.8 Å². The Labute approximate surface area is 557 Å². The summed E-state index contributed by atoms with van der Waals surface area (Å²) in [6.45, 7) is 25.5. The minimum atomic E-state index is -1.25. The van der Waals surface area contributed by atoms with Gasteiger partial charge in [0.1, 0.15) is 36.1 Å². The van der Waals surface area contributed by atoms with Gasteiger partial charge in [-0.3, -0.25) is 33.6 Å². The van der Waals surface area contributed by atoms with E-state index in [1.165, 1.54) is 44.7 Å². The molecule has 1 aliphatic rings. The van der Waals surface area contributed by atoms with Crippen LogP contribution in [0.15, 0.2) is 71.8 Å². The second kappa shape index (κ2) is 45.5. The van der Waals surface area contributed by atoms with Crippen LogP contribution in [0.5, 0.6) is 0 Å². The number of hydrogen-bond acceptors (Lipinski definition) is 16. The molecule has 4 N–H and O–H groups in total. The molecule has 0 fully saturated rings. The largest absolute Gasteiger partial charge is 0.456 e. The van der Waals surface area contributed by atoms with Crippen LogP contribution < -0.4 is 21.3 Å². The number of Topliss-reactive ketones (excluding diaryl/α,β-unsaturated/α-hetero) is 2. The molecule has 520 valence electrons. The maximum absolute atomic E-state index is 14.7. The monoisotopic (exact) mass is 1320 g/mol. The van der Waals surface area contributed by atoms with Crippen molar-refractivity contribution in [3.63, 3.8) is 0 Å². The average Bonchev–Trinajstić information content (AvgIpc) is 0.978. The SMILES string of the molecule is C/C=C(\C)[C@H]1OC(=O)[C@@H](C)NC(=O)[C@H]([C@H](C)CC)NC(=O)CN(C)C(=O)[C@@H](Cc2ccc(Cl)cc2)N(C)C(=O)[C@H](CCCCCC(C)=O)NC(=O)[C@@H](CC(C)C)OC(=O)/C(C)=C/CC[C@@H]1C.CCCOCCOCCOCCOCCNC(=O)c1ccc(C(C)=O)cc1. The molecule has 2 aromatic carbocycles. The van der Waals surface area contributed by atoms with E-state index in [-0.39, 0.29) is 60.1 Å². The van der Waals surface area contributed by atoms with Crippen molar-refractivity contribution < 1.29 is 76.4 Å². The molecule has 0 aliphatic carbocycles. The fraction of sp³-hybridized carbons (Fsp3) is 0.629. The number of amides is 6. The van der Waals surface area contributed by atoms with Crippen molar-refractivity contribution in [2.24, 2.45) is 17.8 Å². The van der Waals surface area contributed by atoms with Crippen molar-refractivity contribution in [2.75, 3.05) is 80.0 Å². The molecule has 0 radical (unpaired) electrons. The first-order chi connectivity index (χ1) is 44.1. The number of unbranched alkanes of at least 4 members (excludes halogenated alkanes) is 2. The molecule has 22 nitrogen and oxygen atoms in total. The Morgan fingerprint density at radius 2 is 1.33 bits per heavy atom. The second-order valence-corrected chi connectivity index (χ2v) is 24.6. The van der Waals surface area contributed by atoms with Gasteiger partial charge >= 0.3 is 11.9 Å². The van der Waals surface area contributed by atoms with Crippen molar-refractivity contribution in [1.29, 1.82) is 0 Å². The standard InChI is InChI=1S/C50H76ClN5O10.C20H31NO6/c1-13-31(5)43-46(60)52-36(10)50(64)66-44(32(6)14-2)33(7)19-18-20-34(8)49(63)65-41(27-30(3)4)45(59)53-39(22-17-15-16-21-35(9)57)47(61)56(12)40(28-37-23-25-38(51)26-24-37)48(62)55(11)29-42(58)54-43;1-3-9-24-11-13-26-15-16-27-14-12-25-10-8-21-20(23)19-6-4-18(5-7-19)17(2)22/h14,20,23-26,30-31,33,36,39-41,43-44H,13,15-19,21-22,27-29H2,1-12H3,(H,52,60)(H,53,59)(H,54,58);4-7H,3,8-16H2,1-2H3,(H,21,23)/b32-14+,34-20+;/t31-,33+,36-,39+,40-,41-,43+,44-;/m1./s1. The number of allylic oxidation sites excluding steroid dienone is 2. The van der Waals surface area contributed by atoms with Gasteiger partial charge in [0.2, 0.25) is 23.6 Å². The predicted molar refractivity (Wildman–Crippen MR) is 357 cm³/mol. The zero-order valence-corrected chi connectivity index (χ0v) is 58.4. The van der Waals surface area contributed by atoms with Crippen molar-refractivity contribution in [1.82, 2.24) is 31.1 Å². The highest BCUT2D eigenvalue weighted by atomic mass is 35.5. The molecule has 1 aliphatic heterocycles. The summed E-state index contributed by atoms with van der Waals surface area (Å²) in [5.41, 5.74) is 2.83. The van der Waals surface area contributed by atoms with E-state index in [4.69, 9.17) is 40.0 Å². The molecule has 0 spiro atoms. The van der Waals surface area contributed by atoms with Gasteiger partial charge in [-0.25, -0.2) is 9.59 Å². The van der Waals surface area contributed by atoms with Gasteiger partial charge in [-0.2, -0.15) is 0 Å². The van der Waals surface area contributed by atoms with E-state index in [9.17, 15) is 47.9 Å². The Balaban J connectivity index is 0.000000906. The van der Waals surface area contributed by atoms with Crippen molar-refractivity contribution >= 4 is 70.5 Å². The van der Waals surface area contributed by atoms with Gasteiger partial charge in [0.15, 0.2) is 11.9 Å². The van der Waals surface area contributed by atoms with Crippen molar-refractivity contribution in [2.45, 2.75) is 190 Å². The highest BCUT2D eigenvalue weighted by Gasteiger charge is 2.37. The number of carbonyl (C=O) groups is 10. The van der Waals surface area contributed by atoms with Crippen LogP contribution in [0.4, 0.5) is 0 Å². The summed E-state index contributed by atoms with van der Waals surface area (Å²) in [5, 5.41) is 11.6. The number of hydrogen-bond donors (Lipinski definition) is 4. The molecule has 0 saturated carbocycles. The summed E-state index contributed by atoms with van der Waals surface area (Å²) in [6, 6.07) is 8.84. The summed E-state index contributed by atoms with van der Waals surface area (Å²) < 4.78 is 33.3. The summed E-state index contributed by atoms with van der Waals surface area (Å²) in [6.07, 6.45) is 6.42. The number of benzene rings is 2. The molecule has 0 saturated heterocycles. The number of halogens is 1. The molecule has 3 rings (SSSR count). The van der Waals surface area contributed by atoms with Crippen LogP contribution in [-0.2, 0) is 73.2 Å². The molecular formula is C70H107ClN6O16. The number of nitrogens with one attached hydrogen (secondary N) is 4. The number of ether oxygens (including phenoxy) is 6. The number of nitrogens with zero attached hydrogens (tertiary/aromatic N) is 2. The number of esters is 2. The lowest BCUT2D eigenvalue weighted by Gasteiger charge is -2.34. The Morgan fingerprint density at radius 1 is 0.742 bits per heavy atom. The Bertz CT molecular complexity index is 2740. The molecule has 2 aromatic rings. The maximum Gasteiger partial charge on any atom is 0.334 e. The maximum atomic E-state index is 14.7. The van der Waals surface area contributed by atoms with E-state index < -0.39 is 84.4 Å². The Hall–Kier alpha value is -6.85. The highest BCUT2D eigenvalue weighted by molar-refractivity contribution is 6.30. The van der Waals surface area contributed by atoms with Gasteiger partial charge in [-0.1, -0.05) is 109 Å². The lowest BCUT2D eigenvalue weighted by atomic mass is 9.93. The lowest BCUT2D eigenvalue weighted by molar-refractivity contribution is -0.154. The van der Waals surface area contributed by atoms with Crippen LogP contribution in [0, 0.1) is 17.8 Å². The van der Waals surface area contributed by atoms with E-state index in [0.717, 1.165) is 18.6 Å². The lowest BCUT2D eigenvalue weighted by Crippen LogP contribution is -2.58. The van der Waals surface area contributed by atoms with Crippen molar-refractivity contribution in [3.8, 4) is 0 Å². The first kappa shape index (κ1) is 82.2. The molecular weight excluding hydrogens is 1220 g/mol. The van der Waals surface area contributed by atoms with Gasteiger partial charge < -0.3 is 64.3 Å². The molecule has 8 atom stereocenters. The van der Waals surface area contributed by atoms with E-state index >= 15 is 0 Å². The van der Waals surface area contributed by atoms with Gasteiger partial charge in [-0.05, 0) is 133 Å². The van der Waals surface area contributed by atoms with Gasteiger partial charge in [0.25, 0.3) is 11.8 Å². The average molecular weight is 1320 g/mol. The van der Waals surface area contributed by atoms with E-state index in [1.54, 1.807) is 68.5 Å². The van der Waals surface area contributed by atoms with E-state index in [0.29, 0.717) is 119 Å². The molecule has 0 aromatic heterocycles. The first-order valence-corrected chi connectivity index (χ1v) is 33.1. The zero-order chi connectivity index (χ0) is 69.6. The fourth-order valence-corrected chi connectivity index (χ4v) is 9.82. The van der Waals surface area contributed by atoms with Crippen LogP contribution >= 0.6 is 11.6 Å². The second-order valence-electron chi connectivity index (χ2n) is 24.2. The molecule has 93 heavy (non-hydrogen) atoms. The van der Waals surface area contributed by atoms with Crippen LogP contribution in [0.1, 0.15) is 174 Å². The quantitative estimate of drug-likeness (QED) is 0.0257. The third-order valence-electron chi connectivity index (χ3n) is 15.7. The van der Waals surface area contributed by atoms with Crippen LogP contribution in [0.25, 0.3) is 0 Å². The number of cyclic esters (lactones) is 2. The molecule has 0 bridgehead atoms. The fourth-order valence-electron chi connectivity index (χ4n) is 9.69. The smallest absolute Gasteiger partial charge is 0.334 e. The van der Waals surface area contributed by atoms with Crippen LogP contribution in [0.2, 0.25) is 5.02 Å².